The van der Waals surface area contributed by atoms with Crippen molar-refractivity contribution in [3.05, 3.63) is 35.9 Å². The van der Waals surface area contributed by atoms with Gasteiger partial charge < -0.3 is 102 Å². The molecule has 2 aliphatic rings. The number of esters is 1. The number of amides is 10. The number of hydrogen-bond donors (Lipinski definition) is 19. The summed E-state index contributed by atoms with van der Waals surface area (Å²) in [6.07, 6.45) is -3.19. The summed E-state index contributed by atoms with van der Waals surface area (Å²) >= 11 is 0. The first-order chi connectivity index (χ1) is 41.8. The SMILES string of the molecule is CCCCCCC1OC(=O)C1C(=O)N[C@@H](CCN)C(=O)N[C@H](C(=O)N[C@@H](CCN)C(=O)N[C@H]1CCNC(O)[C@H]([C@H](C)O)NC(=O)[C@H](CCN)NC(=O)[C@H](CCN)NC(=O)[C@H](CC(C)C)NC(=O)[C@@H](Cc2ccccc2)NC(=O)[C@H](CCN)NC1=O)C(C)O. The maximum absolute atomic E-state index is 14.6. The van der Waals surface area contributed by atoms with Crippen LogP contribution >= 0.6 is 0 Å². The third-order valence-electron chi connectivity index (χ3n) is 14.9. The van der Waals surface area contributed by atoms with E-state index in [1.807, 2.05) is 6.92 Å². The lowest BCUT2D eigenvalue weighted by Gasteiger charge is -2.35. The van der Waals surface area contributed by atoms with Crippen molar-refractivity contribution >= 4 is 65.0 Å². The molecule has 4 unspecified atom stereocenters. The van der Waals surface area contributed by atoms with Crippen LogP contribution in [0.2, 0.25) is 0 Å². The number of aliphatic hydroxyl groups excluding tert-OH is 3. The van der Waals surface area contributed by atoms with Crippen molar-refractivity contribution < 1.29 is 72.8 Å². The summed E-state index contributed by atoms with van der Waals surface area (Å²) < 4.78 is 5.21. The lowest BCUT2D eigenvalue weighted by Crippen LogP contribution is -2.62. The van der Waals surface area contributed by atoms with Crippen LogP contribution in [0.1, 0.15) is 117 Å². The smallest absolute Gasteiger partial charge is 0.322 e. The van der Waals surface area contributed by atoms with Crippen LogP contribution in [0, 0.1) is 11.8 Å². The third-order valence-corrected chi connectivity index (χ3v) is 14.9. The summed E-state index contributed by atoms with van der Waals surface area (Å²) in [5.41, 5.74) is 30.0. The molecule has 31 nitrogen and oxygen atoms in total. The predicted octanol–water partition coefficient (Wildman–Crippen LogP) is -6.55. The van der Waals surface area contributed by atoms with E-state index in [-0.39, 0.29) is 83.6 Å². The van der Waals surface area contributed by atoms with E-state index in [0.29, 0.717) is 18.4 Å². The van der Waals surface area contributed by atoms with Crippen molar-refractivity contribution in [1.82, 2.24) is 58.5 Å². The summed E-state index contributed by atoms with van der Waals surface area (Å²) in [7, 11) is 0. The van der Waals surface area contributed by atoms with Gasteiger partial charge in [0, 0.05) is 13.0 Å². The molecule has 10 amide bonds. The molecule has 496 valence electrons. The van der Waals surface area contributed by atoms with Gasteiger partial charge in [-0.3, -0.25) is 58.1 Å². The van der Waals surface area contributed by atoms with Crippen molar-refractivity contribution in [3.63, 3.8) is 0 Å². The summed E-state index contributed by atoms with van der Waals surface area (Å²) in [5.74, 6) is -11.4. The molecule has 2 saturated heterocycles. The average molecular weight is 1250 g/mol. The Morgan fingerprint density at radius 1 is 0.602 bits per heavy atom. The minimum absolute atomic E-state index is 0.0422. The molecule has 31 heteroatoms. The summed E-state index contributed by atoms with van der Waals surface area (Å²) in [4.78, 5) is 153. The molecular weight excluding hydrogens is 1150 g/mol. The Labute approximate surface area is 513 Å². The van der Waals surface area contributed by atoms with E-state index in [2.05, 4.69) is 58.5 Å². The Bertz CT molecular complexity index is 2440. The number of nitrogens with one attached hydrogen (secondary N) is 11. The van der Waals surface area contributed by atoms with E-state index in [4.69, 9.17) is 33.4 Å². The molecule has 1 aromatic carbocycles. The van der Waals surface area contributed by atoms with Crippen molar-refractivity contribution in [2.24, 2.45) is 40.5 Å². The number of carbonyl (C=O) groups excluding carboxylic acids is 11. The summed E-state index contributed by atoms with van der Waals surface area (Å²) in [6.45, 7) is 6.80. The zero-order chi connectivity index (χ0) is 65.6. The Morgan fingerprint density at radius 3 is 1.62 bits per heavy atom. The number of benzene rings is 1. The highest BCUT2D eigenvalue weighted by Crippen LogP contribution is 2.28. The fourth-order valence-corrected chi connectivity index (χ4v) is 9.90. The van der Waals surface area contributed by atoms with Crippen LogP contribution in [0.3, 0.4) is 0 Å². The highest BCUT2D eigenvalue weighted by Gasteiger charge is 2.48. The van der Waals surface area contributed by atoms with E-state index in [1.54, 1.807) is 44.2 Å². The number of nitrogens with two attached hydrogens (primary N) is 5. The van der Waals surface area contributed by atoms with Crippen LogP contribution in [0.15, 0.2) is 30.3 Å². The number of aliphatic hydroxyl groups is 3. The Morgan fingerprint density at radius 2 is 1.11 bits per heavy atom. The van der Waals surface area contributed by atoms with E-state index in [0.717, 1.165) is 19.3 Å². The maximum atomic E-state index is 14.6. The molecule has 88 heavy (non-hydrogen) atoms. The van der Waals surface area contributed by atoms with Crippen LogP contribution in [0.25, 0.3) is 0 Å². The molecule has 15 atom stereocenters. The van der Waals surface area contributed by atoms with Gasteiger partial charge in [-0.25, -0.2) is 0 Å². The molecule has 0 aromatic heterocycles. The monoisotopic (exact) mass is 1250 g/mol. The van der Waals surface area contributed by atoms with Gasteiger partial charge in [0.25, 0.3) is 0 Å². The Balaban J connectivity index is 2.05. The number of carbonyl (C=O) groups is 11. The zero-order valence-corrected chi connectivity index (χ0v) is 51.2. The molecule has 2 heterocycles. The van der Waals surface area contributed by atoms with Crippen LogP contribution < -0.4 is 87.2 Å². The second-order valence-corrected chi connectivity index (χ2v) is 22.7. The van der Waals surface area contributed by atoms with Gasteiger partial charge in [-0.15, -0.1) is 0 Å². The maximum Gasteiger partial charge on any atom is 0.322 e. The molecule has 0 bridgehead atoms. The molecule has 0 aliphatic carbocycles. The van der Waals surface area contributed by atoms with E-state index < -0.39 is 169 Å². The summed E-state index contributed by atoms with van der Waals surface area (Å²) in [6, 6.07) is -6.37. The molecule has 0 radical (unpaired) electrons. The van der Waals surface area contributed by atoms with Crippen molar-refractivity contribution in [2.75, 3.05) is 39.3 Å². The second-order valence-electron chi connectivity index (χ2n) is 22.7. The number of cyclic esters (lactones) is 1. The van der Waals surface area contributed by atoms with Crippen LogP contribution in [-0.4, -0.2) is 205 Å². The van der Waals surface area contributed by atoms with Crippen LogP contribution in [-0.2, 0) is 63.9 Å². The van der Waals surface area contributed by atoms with Gasteiger partial charge in [0.05, 0.1) is 18.2 Å². The predicted molar refractivity (Wildman–Crippen MR) is 321 cm³/mol. The fourth-order valence-electron chi connectivity index (χ4n) is 9.90. The molecule has 1 aromatic rings. The molecular formula is C57H98N16O15. The highest BCUT2D eigenvalue weighted by atomic mass is 16.6. The van der Waals surface area contributed by atoms with Gasteiger partial charge in [-0.1, -0.05) is 70.4 Å². The Kier molecular flexibility index (Phi) is 33.5. The quantitative estimate of drug-likeness (QED) is 0.0201. The van der Waals surface area contributed by atoms with Crippen molar-refractivity contribution in [3.8, 4) is 0 Å². The molecule has 0 saturated carbocycles. The van der Waals surface area contributed by atoms with E-state index >= 15 is 0 Å². The molecule has 0 spiro atoms. The molecule has 2 aliphatic heterocycles. The normalized spacial score (nSPS) is 25.5. The first kappa shape index (κ1) is 75.3. The first-order valence-electron chi connectivity index (χ1n) is 30.4. The van der Waals surface area contributed by atoms with Gasteiger partial charge in [-0.05, 0) is 116 Å². The van der Waals surface area contributed by atoms with Crippen molar-refractivity contribution in [2.45, 2.75) is 203 Å². The zero-order valence-electron chi connectivity index (χ0n) is 51.2. The number of unbranched alkanes of at least 4 members (excludes halogenated alkanes) is 3. The highest BCUT2D eigenvalue weighted by molar-refractivity contribution is 6.04. The lowest BCUT2D eigenvalue weighted by molar-refractivity contribution is -0.188. The van der Waals surface area contributed by atoms with E-state index in [1.165, 1.54) is 13.8 Å². The second kappa shape index (κ2) is 39.1. The number of rotatable bonds is 29. The molecule has 24 N–H and O–H groups in total. The first-order valence-corrected chi connectivity index (χ1v) is 30.4. The fraction of sp³-hybridized carbons (Fsp3) is 0.702. The molecule has 3 rings (SSSR count). The number of hydrogen-bond acceptors (Lipinski definition) is 21. The van der Waals surface area contributed by atoms with E-state index in [9.17, 15) is 68.1 Å². The topological polar surface area (TPSA) is 520 Å². The summed E-state index contributed by atoms with van der Waals surface area (Å²) in [5, 5.41) is 61.4. The minimum Gasteiger partial charge on any atom is -0.460 e. The van der Waals surface area contributed by atoms with Gasteiger partial charge >= 0.3 is 5.97 Å². The van der Waals surface area contributed by atoms with Gasteiger partial charge in [-0.2, -0.15) is 0 Å². The van der Waals surface area contributed by atoms with Crippen molar-refractivity contribution in [1.29, 1.82) is 0 Å². The van der Waals surface area contributed by atoms with Gasteiger partial charge in [0.2, 0.25) is 59.1 Å². The third kappa shape index (κ3) is 24.5. The largest absolute Gasteiger partial charge is 0.460 e. The minimum atomic E-state index is -1.80. The number of ether oxygens (including phenoxy) is 1. The molecule has 2 fully saturated rings. The van der Waals surface area contributed by atoms with Gasteiger partial charge in [0.1, 0.15) is 66.7 Å². The standard InChI is InChI=1S/C57H98N16O15/c1-6-7-8-12-15-42-43(57(87)88-42)54(84)68-38(20-26-62)51(81)73-45(32(5)75)56(86)69-36(18-24-60)47(77)67-39-21-27-63-55(85)44(31(4)74)72-50(80)37(19-25-61)65-46(76)34(16-22-58)66-52(82)40(28-30(2)3)70-53(83)41(29-33-13-10-9-11-14-33)71-48(78)35(17-23-59)64-49(39)79/h9-11,13-14,30-32,34-45,55,63,74-75,85H,6-8,12,15-29,58-62H2,1-5H3,(H,64,79)(H,65,76)(H,66,82)(H,67,77)(H,68,84)(H,69,86)(H,70,83)(H,71,78)(H,72,80)(H,73,81)/t31-,32?,34-,35-,36-,37-,38-,39-,40-,41+,42?,43?,44-,45-,55?/m0/s1. The van der Waals surface area contributed by atoms with Crippen LogP contribution in [0.4, 0.5) is 0 Å². The Hall–Kier alpha value is -6.97. The average Bonchev–Trinajstić information content (AvgIpc) is 3.62. The van der Waals surface area contributed by atoms with Gasteiger partial charge in [0.15, 0.2) is 5.92 Å². The lowest BCUT2D eigenvalue weighted by atomic mass is 9.91. The van der Waals surface area contributed by atoms with Crippen LogP contribution in [0.5, 0.6) is 0 Å².